The van der Waals surface area contributed by atoms with E-state index in [1.54, 1.807) is 0 Å². The van der Waals surface area contributed by atoms with Crippen LogP contribution in [0.25, 0.3) is 0 Å². The maximum Gasteiger partial charge on any atom is 0.416 e. The zero-order chi connectivity index (χ0) is 19.3. The van der Waals surface area contributed by atoms with Crippen LogP contribution in [0.1, 0.15) is 32.3 Å². The first kappa shape index (κ1) is 21.3. The molecule has 0 aromatic heterocycles. The van der Waals surface area contributed by atoms with Gasteiger partial charge in [-0.15, -0.1) is 0 Å². The van der Waals surface area contributed by atoms with E-state index in [1.807, 2.05) is 13.8 Å². The van der Waals surface area contributed by atoms with Gasteiger partial charge >= 0.3 is 6.18 Å². The van der Waals surface area contributed by atoms with E-state index in [9.17, 15) is 26.4 Å². The number of rotatable bonds is 8. The lowest BCUT2D eigenvalue weighted by Crippen LogP contribution is -2.35. The molecule has 1 aromatic carbocycles. The van der Waals surface area contributed by atoms with Crippen LogP contribution < -0.4 is 9.62 Å². The molecular weight excluding hydrogens is 357 g/mol. The largest absolute Gasteiger partial charge is 0.416 e. The van der Waals surface area contributed by atoms with Gasteiger partial charge in [0.2, 0.25) is 15.9 Å². The summed E-state index contributed by atoms with van der Waals surface area (Å²) in [4.78, 5) is 11.8. The summed E-state index contributed by atoms with van der Waals surface area (Å²) in [5.74, 6) is 0.0687. The minimum atomic E-state index is -4.58. The van der Waals surface area contributed by atoms with E-state index in [0.717, 1.165) is 35.2 Å². The number of nitrogens with one attached hydrogen (secondary N) is 1. The molecule has 0 aliphatic heterocycles. The number of nitrogens with zero attached hydrogens (tertiary/aromatic N) is 1. The third-order valence-electron chi connectivity index (χ3n) is 3.45. The molecule has 142 valence electrons. The van der Waals surface area contributed by atoms with Gasteiger partial charge < -0.3 is 5.32 Å². The number of sulfonamides is 1. The van der Waals surface area contributed by atoms with E-state index in [4.69, 9.17) is 0 Å². The zero-order valence-corrected chi connectivity index (χ0v) is 15.2. The number of benzene rings is 1. The Morgan fingerprint density at radius 3 is 2.44 bits per heavy atom. The molecule has 0 saturated heterocycles. The van der Waals surface area contributed by atoms with Gasteiger partial charge in [0.1, 0.15) is 0 Å². The Morgan fingerprint density at radius 2 is 1.92 bits per heavy atom. The number of alkyl halides is 3. The van der Waals surface area contributed by atoms with Crippen LogP contribution in [0.4, 0.5) is 18.9 Å². The van der Waals surface area contributed by atoms with Crippen molar-refractivity contribution in [2.75, 3.05) is 23.7 Å². The van der Waals surface area contributed by atoms with Crippen LogP contribution in [0.15, 0.2) is 24.3 Å². The molecule has 0 fully saturated rings. The van der Waals surface area contributed by atoms with Crippen molar-refractivity contribution in [3.63, 3.8) is 0 Å². The van der Waals surface area contributed by atoms with E-state index in [0.29, 0.717) is 12.5 Å². The zero-order valence-electron chi connectivity index (χ0n) is 14.4. The monoisotopic (exact) mass is 380 g/mol. The quantitative estimate of drug-likeness (QED) is 0.754. The van der Waals surface area contributed by atoms with Crippen molar-refractivity contribution in [2.24, 2.45) is 5.92 Å². The lowest BCUT2D eigenvalue weighted by Gasteiger charge is -2.23. The Balaban J connectivity index is 2.85. The number of hydrogen-bond acceptors (Lipinski definition) is 3. The Bertz CT molecular complexity index is 688. The summed E-state index contributed by atoms with van der Waals surface area (Å²) < 4.78 is 63.1. The summed E-state index contributed by atoms with van der Waals surface area (Å²) in [6.07, 6.45) is -3.03. The highest BCUT2D eigenvalue weighted by molar-refractivity contribution is 7.92. The molecule has 9 heteroatoms. The van der Waals surface area contributed by atoms with E-state index >= 15 is 0 Å². The second-order valence-corrected chi connectivity index (χ2v) is 8.07. The molecule has 0 aliphatic carbocycles. The highest BCUT2D eigenvalue weighted by atomic mass is 32.2. The van der Waals surface area contributed by atoms with Crippen molar-refractivity contribution >= 4 is 21.6 Å². The fourth-order valence-electron chi connectivity index (χ4n) is 2.12. The first-order valence-electron chi connectivity index (χ1n) is 7.83. The molecule has 0 unspecified atom stereocenters. The van der Waals surface area contributed by atoms with Crippen LogP contribution in [0, 0.1) is 5.92 Å². The number of halogens is 3. The lowest BCUT2D eigenvalue weighted by atomic mass is 10.1. The summed E-state index contributed by atoms with van der Waals surface area (Å²) in [7, 11) is -3.82. The van der Waals surface area contributed by atoms with Gasteiger partial charge in [0.25, 0.3) is 0 Å². The van der Waals surface area contributed by atoms with Gasteiger partial charge in [0.05, 0.1) is 17.5 Å². The van der Waals surface area contributed by atoms with Crippen LogP contribution in [-0.2, 0) is 21.0 Å². The van der Waals surface area contributed by atoms with Crippen LogP contribution in [-0.4, -0.2) is 33.7 Å². The first-order valence-corrected chi connectivity index (χ1v) is 9.67. The van der Waals surface area contributed by atoms with Crippen molar-refractivity contribution in [2.45, 2.75) is 32.9 Å². The molecule has 1 rings (SSSR count). The number of hydrogen-bond donors (Lipinski definition) is 1. The van der Waals surface area contributed by atoms with Crippen LogP contribution in [0.3, 0.4) is 0 Å². The molecule has 1 N–H and O–H groups in total. The SMILES string of the molecule is CC(C)CCNC(=O)CCN(c1cccc(C(F)(F)F)c1)S(C)(=O)=O. The summed E-state index contributed by atoms with van der Waals surface area (Å²) in [6, 6.07) is 4.03. The molecule has 0 aliphatic rings. The molecule has 0 spiro atoms. The summed E-state index contributed by atoms with van der Waals surface area (Å²) >= 11 is 0. The van der Waals surface area contributed by atoms with E-state index in [2.05, 4.69) is 5.32 Å². The molecule has 0 atom stereocenters. The van der Waals surface area contributed by atoms with E-state index in [-0.39, 0.29) is 24.6 Å². The number of amides is 1. The molecule has 5 nitrogen and oxygen atoms in total. The fraction of sp³-hybridized carbons (Fsp3) is 0.562. The summed E-state index contributed by atoms with van der Waals surface area (Å²) in [5.41, 5.74) is -1.06. The number of carbonyl (C=O) groups excluding carboxylic acids is 1. The molecule has 0 radical (unpaired) electrons. The van der Waals surface area contributed by atoms with Gasteiger partial charge in [-0.3, -0.25) is 9.10 Å². The second-order valence-electron chi connectivity index (χ2n) is 6.17. The standard InChI is InChI=1S/C16H23F3N2O3S/c1-12(2)7-9-20-15(22)8-10-21(25(3,23)24)14-6-4-5-13(11-14)16(17,18)19/h4-6,11-12H,7-10H2,1-3H3,(H,20,22). The van der Waals surface area contributed by atoms with Crippen LogP contribution in [0.2, 0.25) is 0 Å². The normalized spacial score (nSPS) is 12.3. The predicted octanol–water partition coefficient (Wildman–Crippen LogP) is 3.02. The van der Waals surface area contributed by atoms with E-state index < -0.39 is 21.8 Å². The lowest BCUT2D eigenvalue weighted by molar-refractivity contribution is -0.137. The maximum atomic E-state index is 12.8. The molecule has 0 saturated carbocycles. The number of anilines is 1. The molecule has 1 amide bonds. The Hall–Kier alpha value is -1.77. The minimum absolute atomic E-state index is 0.118. The third kappa shape index (κ3) is 7.33. The maximum absolute atomic E-state index is 12.8. The van der Waals surface area contributed by atoms with Crippen molar-refractivity contribution in [3.8, 4) is 0 Å². The van der Waals surface area contributed by atoms with Crippen molar-refractivity contribution < 1.29 is 26.4 Å². The smallest absolute Gasteiger partial charge is 0.356 e. The summed E-state index contributed by atoms with van der Waals surface area (Å²) in [5, 5.41) is 2.67. The number of carbonyl (C=O) groups is 1. The Labute approximate surface area is 146 Å². The summed E-state index contributed by atoms with van der Waals surface area (Å²) in [6.45, 7) is 4.25. The molecule has 1 aromatic rings. The molecule has 0 bridgehead atoms. The van der Waals surface area contributed by atoms with Gasteiger partial charge in [-0.2, -0.15) is 13.2 Å². The average molecular weight is 380 g/mol. The highest BCUT2D eigenvalue weighted by Gasteiger charge is 2.31. The van der Waals surface area contributed by atoms with Gasteiger partial charge in [-0.1, -0.05) is 19.9 Å². The van der Waals surface area contributed by atoms with Gasteiger partial charge in [-0.05, 0) is 30.5 Å². The van der Waals surface area contributed by atoms with Gasteiger partial charge in [0, 0.05) is 19.5 Å². The average Bonchev–Trinajstić information content (AvgIpc) is 2.45. The third-order valence-corrected chi connectivity index (χ3v) is 4.64. The first-order chi connectivity index (χ1) is 11.4. The van der Waals surface area contributed by atoms with Crippen LogP contribution >= 0.6 is 0 Å². The van der Waals surface area contributed by atoms with Gasteiger partial charge in [-0.25, -0.2) is 8.42 Å². The highest BCUT2D eigenvalue weighted by Crippen LogP contribution is 2.32. The van der Waals surface area contributed by atoms with Crippen molar-refractivity contribution in [1.82, 2.24) is 5.32 Å². The topological polar surface area (TPSA) is 66.5 Å². The van der Waals surface area contributed by atoms with Gasteiger partial charge in [0.15, 0.2) is 0 Å². The predicted molar refractivity (Wildman–Crippen MR) is 90.7 cm³/mol. The van der Waals surface area contributed by atoms with Crippen LogP contribution in [0.5, 0.6) is 0 Å². The van der Waals surface area contributed by atoms with Crippen molar-refractivity contribution in [3.05, 3.63) is 29.8 Å². The fourth-order valence-corrected chi connectivity index (χ4v) is 3.03. The molecular formula is C16H23F3N2O3S. The second kappa shape index (κ2) is 8.55. The molecule has 25 heavy (non-hydrogen) atoms. The minimum Gasteiger partial charge on any atom is -0.356 e. The Kier molecular flexibility index (Phi) is 7.28. The van der Waals surface area contributed by atoms with Crippen molar-refractivity contribution in [1.29, 1.82) is 0 Å². The Morgan fingerprint density at radius 1 is 1.28 bits per heavy atom. The molecule has 0 heterocycles. The van der Waals surface area contributed by atoms with E-state index in [1.165, 1.54) is 6.07 Å².